The number of anilines is 1. The lowest BCUT2D eigenvalue weighted by molar-refractivity contribution is 0.0526. The molecule has 36 heavy (non-hydrogen) atoms. The molecule has 10 heteroatoms. The Kier molecular flexibility index (Phi) is 8.25. The summed E-state index contributed by atoms with van der Waals surface area (Å²) in [4.78, 5) is 18.6. The molecule has 0 amide bonds. The van der Waals surface area contributed by atoms with Gasteiger partial charge in [-0.2, -0.15) is 0 Å². The number of ether oxygens (including phenoxy) is 2. The van der Waals surface area contributed by atoms with Crippen molar-refractivity contribution in [1.29, 1.82) is 0 Å². The van der Waals surface area contributed by atoms with Gasteiger partial charge in [0.2, 0.25) is 0 Å². The van der Waals surface area contributed by atoms with Crippen LogP contribution in [0, 0.1) is 0 Å². The van der Waals surface area contributed by atoms with E-state index in [2.05, 4.69) is 11.9 Å². The Morgan fingerprint density at radius 1 is 1.14 bits per heavy atom. The van der Waals surface area contributed by atoms with Crippen molar-refractivity contribution in [3.8, 4) is 5.75 Å². The first kappa shape index (κ1) is 26.1. The van der Waals surface area contributed by atoms with Crippen molar-refractivity contribution in [3.63, 3.8) is 0 Å². The Balaban J connectivity index is 1.71. The van der Waals surface area contributed by atoms with Gasteiger partial charge < -0.3 is 14.4 Å². The van der Waals surface area contributed by atoms with Crippen LogP contribution in [0.25, 0.3) is 10.9 Å². The maximum Gasteiger partial charge on any atom is 0.338 e. The molecule has 2 aromatic carbocycles. The fourth-order valence-corrected chi connectivity index (χ4v) is 7.77. The van der Waals surface area contributed by atoms with E-state index in [9.17, 15) is 17.4 Å². The molecule has 1 saturated heterocycles. The lowest BCUT2D eigenvalue weighted by Gasteiger charge is -2.37. The number of rotatable bonds is 9. The average Bonchev–Trinajstić information content (AvgIpc) is 2.88. The number of benzene rings is 2. The van der Waals surface area contributed by atoms with Crippen molar-refractivity contribution >= 4 is 43.2 Å². The molecule has 3 aromatic rings. The fourth-order valence-electron chi connectivity index (χ4n) is 4.15. The summed E-state index contributed by atoms with van der Waals surface area (Å²) in [7, 11) is -5.15. The molecule has 0 spiro atoms. The Bertz CT molecular complexity index is 1360. The smallest absolute Gasteiger partial charge is 0.338 e. The number of carbonyl (C=O) groups excluding carboxylic acids is 1. The maximum absolute atomic E-state index is 13.8. The molecular weight excluding hydrogens is 500 g/mol. The van der Waals surface area contributed by atoms with Crippen molar-refractivity contribution in [2.24, 2.45) is 0 Å². The number of unbranched alkanes of at least 4 members (excludes halogenated alkanes) is 1. The van der Waals surface area contributed by atoms with Crippen LogP contribution in [0.3, 0.4) is 0 Å². The van der Waals surface area contributed by atoms with E-state index in [4.69, 9.17) is 9.47 Å². The lowest BCUT2D eigenvalue weighted by atomic mass is 10.1. The molecule has 1 aliphatic heterocycles. The number of hydrogen-bond acceptors (Lipinski definition) is 8. The van der Waals surface area contributed by atoms with Gasteiger partial charge in [0.25, 0.3) is 0 Å². The highest BCUT2D eigenvalue weighted by Crippen LogP contribution is 2.33. The Morgan fingerprint density at radius 3 is 2.64 bits per heavy atom. The molecule has 1 aliphatic rings. The second-order valence-electron chi connectivity index (χ2n) is 8.46. The molecule has 0 N–H and O–H groups in total. The predicted molar refractivity (Wildman–Crippen MR) is 141 cm³/mol. The Hall–Kier alpha value is -2.98. The summed E-state index contributed by atoms with van der Waals surface area (Å²) in [5.74, 6) is 0.480. The maximum atomic E-state index is 13.8. The quantitative estimate of drug-likeness (QED) is 0.303. The first-order valence-corrected chi connectivity index (χ1v) is 15.0. The van der Waals surface area contributed by atoms with Gasteiger partial charge in [-0.15, -0.1) is 0 Å². The van der Waals surface area contributed by atoms with E-state index in [1.807, 2.05) is 0 Å². The van der Waals surface area contributed by atoms with Crippen LogP contribution in [0.2, 0.25) is 0 Å². The van der Waals surface area contributed by atoms with Crippen molar-refractivity contribution in [1.82, 2.24) is 4.98 Å². The van der Waals surface area contributed by atoms with Gasteiger partial charge in [-0.25, -0.2) is 13.2 Å². The summed E-state index contributed by atoms with van der Waals surface area (Å²) in [6.07, 6.45) is 3.53. The second kappa shape index (κ2) is 11.4. The molecule has 8 nitrogen and oxygen atoms in total. The number of hydrogen-bond donors (Lipinski definition) is 0. The Morgan fingerprint density at radius 2 is 1.92 bits per heavy atom. The first-order chi connectivity index (χ1) is 17.3. The SMILES string of the molecule is CCCCOc1ccc(S(=O)(=O)C2CS(=O)CCN2c2ccnc3ccc(C(=O)OCC)cc23)cc1. The van der Waals surface area contributed by atoms with Crippen LogP contribution in [0.15, 0.2) is 59.6 Å². The molecule has 4 rings (SSSR count). The van der Waals surface area contributed by atoms with Crippen molar-refractivity contribution in [2.45, 2.75) is 37.0 Å². The van der Waals surface area contributed by atoms with Gasteiger partial charge in [-0.05, 0) is 61.9 Å². The zero-order valence-corrected chi connectivity index (χ0v) is 22.0. The van der Waals surface area contributed by atoms with Crippen LogP contribution in [-0.2, 0) is 25.4 Å². The number of nitrogens with zero attached hydrogens (tertiary/aromatic N) is 2. The van der Waals surface area contributed by atoms with E-state index in [1.54, 1.807) is 54.4 Å². The fraction of sp³-hybridized carbons (Fsp3) is 0.385. The molecule has 1 aromatic heterocycles. The third-order valence-electron chi connectivity index (χ3n) is 6.05. The monoisotopic (exact) mass is 530 g/mol. The minimum absolute atomic E-state index is 0.0154. The highest BCUT2D eigenvalue weighted by molar-refractivity contribution is 7.94. The van der Waals surface area contributed by atoms with Gasteiger partial charge in [-0.1, -0.05) is 13.3 Å². The zero-order valence-electron chi connectivity index (χ0n) is 20.4. The van der Waals surface area contributed by atoms with Crippen LogP contribution in [0.5, 0.6) is 5.75 Å². The van der Waals surface area contributed by atoms with Crippen molar-refractivity contribution < 1.29 is 26.9 Å². The van der Waals surface area contributed by atoms with Crippen LogP contribution in [-0.4, -0.2) is 60.2 Å². The van der Waals surface area contributed by atoms with Gasteiger partial charge in [0, 0.05) is 40.4 Å². The molecule has 0 bridgehead atoms. The summed E-state index contributed by atoms with van der Waals surface area (Å²) in [5, 5.41) is -0.397. The molecule has 1 fully saturated rings. The lowest BCUT2D eigenvalue weighted by Crippen LogP contribution is -2.51. The molecule has 2 unspecified atom stereocenters. The summed E-state index contributed by atoms with van der Waals surface area (Å²) >= 11 is 0. The number of esters is 1. The van der Waals surface area contributed by atoms with E-state index in [1.165, 1.54) is 12.1 Å². The van der Waals surface area contributed by atoms with Crippen LogP contribution < -0.4 is 9.64 Å². The largest absolute Gasteiger partial charge is 0.494 e. The van der Waals surface area contributed by atoms with Gasteiger partial charge in [0.1, 0.15) is 11.1 Å². The topological polar surface area (TPSA) is 103 Å². The summed E-state index contributed by atoms with van der Waals surface area (Å²) in [6, 6.07) is 13.1. The molecule has 2 atom stereocenters. The average molecular weight is 531 g/mol. The number of aromatic nitrogens is 1. The number of pyridine rings is 1. The number of fused-ring (bicyclic) bond motifs is 1. The summed E-state index contributed by atoms with van der Waals surface area (Å²) in [5.41, 5.74) is 1.60. The molecule has 2 heterocycles. The Labute approximate surface area is 214 Å². The van der Waals surface area contributed by atoms with Crippen molar-refractivity contribution in [3.05, 3.63) is 60.3 Å². The summed E-state index contributed by atoms with van der Waals surface area (Å²) in [6.45, 7) is 4.91. The standard InChI is InChI=1S/C26H30N2O6S2/c1-3-5-15-34-20-7-9-21(10-8-20)36(31,32)25-18-35(30)16-14-28(25)24-12-13-27-23-11-6-19(17-22(23)24)26(29)33-4-2/h6-13,17,25H,3-5,14-16,18H2,1-2H3. The van der Waals surface area contributed by atoms with E-state index in [0.717, 1.165) is 12.8 Å². The minimum Gasteiger partial charge on any atom is -0.494 e. The van der Waals surface area contributed by atoms with Crippen LogP contribution >= 0.6 is 0 Å². The molecule has 0 saturated carbocycles. The first-order valence-electron chi connectivity index (χ1n) is 12.0. The number of carbonyl (C=O) groups is 1. The van der Waals surface area contributed by atoms with E-state index >= 15 is 0 Å². The predicted octanol–water partition coefficient (Wildman–Crippen LogP) is 3.96. The normalized spacial score (nSPS) is 18.2. The molecule has 0 radical (unpaired) electrons. The zero-order chi connectivity index (χ0) is 25.7. The van der Waals surface area contributed by atoms with Crippen LogP contribution in [0.4, 0.5) is 5.69 Å². The van der Waals surface area contributed by atoms with Crippen LogP contribution in [0.1, 0.15) is 37.0 Å². The number of sulfone groups is 1. The van der Waals surface area contributed by atoms with Gasteiger partial charge in [0.05, 0.1) is 34.9 Å². The summed E-state index contributed by atoms with van der Waals surface area (Å²) < 4.78 is 50.9. The van der Waals surface area contributed by atoms with E-state index in [-0.39, 0.29) is 23.8 Å². The molecule has 0 aliphatic carbocycles. The third kappa shape index (κ3) is 5.54. The van der Waals surface area contributed by atoms with E-state index < -0.39 is 32.0 Å². The van der Waals surface area contributed by atoms with Gasteiger partial charge in [-0.3, -0.25) is 9.19 Å². The van der Waals surface area contributed by atoms with Gasteiger partial charge >= 0.3 is 5.97 Å². The third-order valence-corrected chi connectivity index (χ3v) is 9.66. The minimum atomic E-state index is -3.87. The molecular formula is C26H30N2O6S2. The van der Waals surface area contributed by atoms with Crippen molar-refractivity contribution in [2.75, 3.05) is 36.2 Å². The second-order valence-corrected chi connectivity index (χ2v) is 12.2. The van der Waals surface area contributed by atoms with E-state index in [0.29, 0.717) is 40.3 Å². The van der Waals surface area contributed by atoms with Gasteiger partial charge in [0.15, 0.2) is 9.84 Å². The molecule has 192 valence electrons. The highest BCUT2D eigenvalue weighted by atomic mass is 32.2. The highest BCUT2D eigenvalue weighted by Gasteiger charge is 2.38.